The lowest BCUT2D eigenvalue weighted by Crippen LogP contribution is -2.26. The van der Waals surface area contributed by atoms with Crippen LogP contribution in [0.2, 0.25) is 0 Å². The van der Waals surface area contributed by atoms with E-state index in [1.165, 1.54) is 12.1 Å². The van der Waals surface area contributed by atoms with Crippen molar-refractivity contribution in [1.82, 2.24) is 4.72 Å². The molecule has 0 radical (unpaired) electrons. The van der Waals surface area contributed by atoms with Crippen molar-refractivity contribution < 1.29 is 12.8 Å². The van der Waals surface area contributed by atoms with Gasteiger partial charge in [-0.2, -0.15) is 11.8 Å². The van der Waals surface area contributed by atoms with E-state index in [1.54, 1.807) is 11.8 Å². The summed E-state index contributed by atoms with van der Waals surface area (Å²) in [6, 6.07) is 3.90. The molecule has 0 aliphatic heterocycles. The average Bonchev–Trinajstić information content (AvgIpc) is 2.43. The van der Waals surface area contributed by atoms with E-state index in [0.29, 0.717) is 12.1 Å². The molecule has 4 nitrogen and oxygen atoms in total. The molecule has 0 aromatic heterocycles. The molecule has 114 valence electrons. The number of thioether (sulfide) groups is 1. The molecule has 0 aliphatic carbocycles. The maximum atomic E-state index is 13.6. The average molecular weight is 320 g/mol. The first-order chi connectivity index (χ1) is 9.51. The highest BCUT2D eigenvalue weighted by Crippen LogP contribution is 2.16. The van der Waals surface area contributed by atoms with Crippen LogP contribution in [0, 0.1) is 5.82 Å². The number of unbranched alkanes of at least 4 members (excludes halogenated alkanes) is 2. The first kappa shape index (κ1) is 17.4. The van der Waals surface area contributed by atoms with E-state index in [9.17, 15) is 12.8 Å². The van der Waals surface area contributed by atoms with Crippen LogP contribution in [-0.4, -0.2) is 27.0 Å². The van der Waals surface area contributed by atoms with Crippen molar-refractivity contribution in [1.29, 1.82) is 0 Å². The van der Waals surface area contributed by atoms with Crippen molar-refractivity contribution in [3.8, 4) is 0 Å². The van der Waals surface area contributed by atoms with Gasteiger partial charge in [-0.15, -0.1) is 0 Å². The van der Waals surface area contributed by atoms with Crippen LogP contribution in [0.5, 0.6) is 0 Å². The maximum absolute atomic E-state index is 13.6. The van der Waals surface area contributed by atoms with Gasteiger partial charge >= 0.3 is 0 Å². The third kappa shape index (κ3) is 5.40. The van der Waals surface area contributed by atoms with Crippen LogP contribution in [0.1, 0.15) is 24.8 Å². The van der Waals surface area contributed by atoms with Crippen LogP contribution < -0.4 is 10.5 Å². The number of hydrogen-bond acceptors (Lipinski definition) is 4. The number of nitrogens with two attached hydrogens (primary N) is 1. The van der Waals surface area contributed by atoms with Gasteiger partial charge in [0.15, 0.2) is 0 Å². The summed E-state index contributed by atoms with van der Waals surface area (Å²) in [6.45, 7) is 0.500. The molecule has 0 saturated heterocycles. The zero-order valence-electron chi connectivity index (χ0n) is 11.6. The lowest BCUT2D eigenvalue weighted by Gasteiger charge is -2.09. The van der Waals surface area contributed by atoms with E-state index < -0.39 is 15.8 Å². The fraction of sp³-hybridized carbons (Fsp3) is 0.538. The molecule has 1 aromatic rings. The summed E-state index contributed by atoms with van der Waals surface area (Å²) in [5.74, 6) is 0.317. The first-order valence-corrected chi connectivity index (χ1v) is 9.36. The number of halogens is 1. The predicted octanol–water partition coefficient (Wildman–Crippen LogP) is 2.10. The molecule has 0 aliphatic rings. The minimum atomic E-state index is -3.80. The van der Waals surface area contributed by atoms with Gasteiger partial charge in [-0.3, -0.25) is 0 Å². The minimum Gasteiger partial charge on any atom is -0.326 e. The van der Waals surface area contributed by atoms with Gasteiger partial charge in [0.1, 0.15) is 10.7 Å². The number of hydrogen-bond donors (Lipinski definition) is 2. The maximum Gasteiger partial charge on any atom is 0.243 e. The molecule has 0 spiro atoms. The molecule has 7 heteroatoms. The van der Waals surface area contributed by atoms with Gasteiger partial charge in [0.25, 0.3) is 0 Å². The molecule has 20 heavy (non-hydrogen) atoms. The fourth-order valence-electron chi connectivity index (χ4n) is 1.71. The van der Waals surface area contributed by atoms with E-state index in [4.69, 9.17) is 5.73 Å². The Labute approximate surface area is 124 Å². The van der Waals surface area contributed by atoms with Crippen LogP contribution in [0.15, 0.2) is 23.1 Å². The smallest absolute Gasteiger partial charge is 0.243 e. The zero-order chi connectivity index (χ0) is 15.0. The summed E-state index contributed by atoms with van der Waals surface area (Å²) in [5.41, 5.74) is 6.03. The molecule has 0 fully saturated rings. The monoisotopic (exact) mass is 320 g/mol. The highest BCUT2D eigenvalue weighted by atomic mass is 32.2. The van der Waals surface area contributed by atoms with Crippen LogP contribution in [0.4, 0.5) is 4.39 Å². The van der Waals surface area contributed by atoms with Gasteiger partial charge < -0.3 is 5.73 Å². The molecule has 0 heterocycles. The SMILES string of the molecule is CSCCCCCNS(=O)(=O)c1cc(CN)ccc1F. The van der Waals surface area contributed by atoms with Crippen LogP contribution >= 0.6 is 11.8 Å². The Balaban J connectivity index is 2.60. The Morgan fingerprint density at radius 2 is 2.05 bits per heavy atom. The fourth-order valence-corrected chi connectivity index (χ4v) is 3.41. The van der Waals surface area contributed by atoms with Crippen molar-refractivity contribution in [3.05, 3.63) is 29.6 Å². The van der Waals surface area contributed by atoms with E-state index in [1.807, 2.05) is 6.26 Å². The number of rotatable bonds is 9. The molecule has 1 aromatic carbocycles. The van der Waals surface area contributed by atoms with Gasteiger partial charge in [-0.1, -0.05) is 12.5 Å². The zero-order valence-corrected chi connectivity index (χ0v) is 13.2. The number of sulfonamides is 1. The molecule has 0 atom stereocenters. The Kier molecular flexibility index (Phi) is 7.50. The van der Waals surface area contributed by atoms with E-state index in [-0.39, 0.29) is 11.4 Å². The molecule has 0 amide bonds. The number of nitrogens with one attached hydrogen (secondary N) is 1. The van der Waals surface area contributed by atoms with Gasteiger partial charge in [-0.25, -0.2) is 17.5 Å². The van der Waals surface area contributed by atoms with Gasteiger partial charge in [-0.05, 0) is 42.5 Å². The number of benzene rings is 1. The summed E-state index contributed by atoms with van der Waals surface area (Å²) in [6.07, 6.45) is 4.79. The Morgan fingerprint density at radius 1 is 1.30 bits per heavy atom. The lowest BCUT2D eigenvalue weighted by molar-refractivity contribution is 0.553. The molecule has 0 saturated carbocycles. The van der Waals surface area contributed by atoms with Crippen molar-refractivity contribution in [2.45, 2.75) is 30.7 Å². The quantitative estimate of drug-likeness (QED) is 0.684. The van der Waals surface area contributed by atoms with Gasteiger partial charge in [0.2, 0.25) is 10.0 Å². The van der Waals surface area contributed by atoms with E-state index in [0.717, 1.165) is 31.1 Å². The summed E-state index contributed by atoms with van der Waals surface area (Å²) in [4.78, 5) is -0.329. The Bertz CT molecular complexity index is 521. The Morgan fingerprint density at radius 3 is 2.70 bits per heavy atom. The minimum absolute atomic E-state index is 0.178. The second-order valence-electron chi connectivity index (χ2n) is 4.42. The van der Waals surface area contributed by atoms with Crippen molar-refractivity contribution in [3.63, 3.8) is 0 Å². The highest BCUT2D eigenvalue weighted by molar-refractivity contribution is 7.98. The predicted molar refractivity (Wildman–Crippen MR) is 81.7 cm³/mol. The second-order valence-corrected chi connectivity index (χ2v) is 7.14. The topological polar surface area (TPSA) is 72.2 Å². The van der Waals surface area contributed by atoms with E-state index >= 15 is 0 Å². The second kappa shape index (κ2) is 8.61. The lowest BCUT2D eigenvalue weighted by atomic mass is 10.2. The Hall–Kier alpha value is -0.630. The molecule has 0 unspecified atom stereocenters. The molecule has 1 rings (SSSR count). The third-order valence-corrected chi connectivity index (χ3v) is 5.01. The molecular weight excluding hydrogens is 299 g/mol. The molecule has 3 N–H and O–H groups in total. The summed E-state index contributed by atoms with van der Waals surface area (Å²) < 4.78 is 40.1. The summed E-state index contributed by atoms with van der Waals surface area (Å²) in [5, 5.41) is 0. The standard InChI is InChI=1S/C13H21FN2O2S2/c1-19-8-4-2-3-7-16-20(17,18)13-9-11(10-15)5-6-12(13)14/h5-6,9,16H,2-4,7-8,10,15H2,1H3. The summed E-state index contributed by atoms with van der Waals surface area (Å²) in [7, 11) is -3.80. The highest BCUT2D eigenvalue weighted by Gasteiger charge is 2.18. The molecule has 0 bridgehead atoms. The van der Waals surface area contributed by atoms with E-state index in [2.05, 4.69) is 4.72 Å². The van der Waals surface area contributed by atoms with Gasteiger partial charge in [0.05, 0.1) is 0 Å². The first-order valence-electron chi connectivity index (χ1n) is 6.48. The van der Waals surface area contributed by atoms with Crippen molar-refractivity contribution in [2.24, 2.45) is 5.73 Å². The van der Waals surface area contributed by atoms with Crippen molar-refractivity contribution in [2.75, 3.05) is 18.6 Å². The van der Waals surface area contributed by atoms with Gasteiger partial charge in [0, 0.05) is 13.1 Å². The third-order valence-electron chi connectivity index (χ3n) is 2.84. The largest absolute Gasteiger partial charge is 0.326 e. The molecular formula is C13H21FN2O2S2. The van der Waals surface area contributed by atoms with Crippen LogP contribution in [0.25, 0.3) is 0 Å². The summed E-state index contributed by atoms with van der Waals surface area (Å²) >= 11 is 1.77. The van der Waals surface area contributed by atoms with Crippen LogP contribution in [-0.2, 0) is 16.6 Å². The van der Waals surface area contributed by atoms with Crippen LogP contribution in [0.3, 0.4) is 0 Å². The van der Waals surface area contributed by atoms with Crippen molar-refractivity contribution >= 4 is 21.8 Å². The normalized spacial score (nSPS) is 11.8.